The second kappa shape index (κ2) is 8.31. The Balaban J connectivity index is 2.76. The molecule has 0 spiro atoms. The molecule has 0 radical (unpaired) electrons. The summed E-state index contributed by atoms with van der Waals surface area (Å²) in [7, 11) is 0. The van der Waals surface area contributed by atoms with Gasteiger partial charge in [0, 0.05) is 6.04 Å². The number of unbranched alkanes of at least 4 members (excludes halogenated alkanes) is 2. The summed E-state index contributed by atoms with van der Waals surface area (Å²) in [5, 5.41) is 3.71. The summed E-state index contributed by atoms with van der Waals surface area (Å²) < 4.78 is 0. The third kappa shape index (κ3) is 4.45. The maximum Gasteiger partial charge on any atom is 0.0322 e. The lowest BCUT2D eigenvalue weighted by Crippen LogP contribution is -2.23. The van der Waals surface area contributed by atoms with E-state index in [0.717, 1.165) is 6.54 Å². The lowest BCUT2D eigenvalue weighted by molar-refractivity contribution is 0.472. The Morgan fingerprint density at radius 3 is 2.50 bits per heavy atom. The number of rotatable bonds is 8. The third-order valence-corrected chi connectivity index (χ3v) is 3.76. The quantitative estimate of drug-likeness (QED) is 0.643. The van der Waals surface area contributed by atoms with Gasteiger partial charge in [0.2, 0.25) is 0 Å². The third-order valence-electron chi connectivity index (χ3n) is 3.76. The van der Waals surface area contributed by atoms with Crippen LogP contribution in [0.5, 0.6) is 0 Å². The number of benzene rings is 1. The SMILES string of the molecule is CCCCCC(NCCC)c1cccc(C)c1C. The average molecular weight is 247 g/mol. The van der Waals surface area contributed by atoms with Crippen molar-refractivity contribution in [2.24, 2.45) is 0 Å². The highest BCUT2D eigenvalue weighted by molar-refractivity contribution is 5.35. The monoisotopic (exact) mass is 247 g/mol. The van der Waals surface area contributed by atoms with Gasteiger partial charge in [-0.25, -0.2) is 0 Å². The summed E-state index contributed by atoms with van der Waals surface area (Å²) in [6.07, 6.45) is 6.43. The molecule has 1 N–H and O–H groups in total. The standard InChI is InChI=1S/C17H29N/c1-5-7-8-12-17(18-13-6-2)16-11-9-10-14(3)15(16)4/h9-11,17-18H,5-8,12-13H2,1-4H3. The molecule has 0 aliphatic heterocycles. The van der Waals surface area contributed by atoms with E-state index in [1.54, 1.807) is 0 Å². The van der Waals surface area contributed by atoms with Crippen LogP contribution in [0.3, 0.4) is 0 Å². The summed E-state index contributed by atoms with van der Waals surface area (Å²) in [6.45, 7) is 10.1. The van der Waals surface area contributed by atoms with E-state index in [1.165, 1.54) is 48.8 Å². The fraction of sp³-hybridized carbons (Fsp3) is 0.647. The normalized spacial score (nSPS) is 12.7. The predicted molar refractivity (Wildman–Crippen MR) is 81.1 cm³/mol. The van der Waals surface area contributed by atoms with Crippen LogP contribution in [0.1, 0.15) is 68.7 Å². The molecule has 1 unspecified atom stereocenters. The van der Waals surface area contributed by atoms with Crippen LogP contribution in [0.4, 0.5) is 0 Å². The minimum atomic E-state index is 0.538. The molecule has 1 atom stereocenters. The van der Waals surface area contributed by atoms with Gasteiger partial charge in [0.1, 0.15) is 0 Å². The fourth-order valence-corrected chi connectivity index (χ4v) is 2.44. The highest BCUT2D eigenvalue weighted by atomic mass is 14.9. The Kier molecular flexibility index (Phi) is 7.04. The van der Waals surface area contributed by atoms with E-state index in [9.17, 15) is 0 Å². The van der Waals surface area contributed by atoms with E-state index in [2.05, 4.69) is 51.2 Å². The summed E-state index contributed by atoms with van der Waals surface area (Å²) in [5.74, 6) is 0. The zero-order valence-electron chi connectivity index (χ0n) is 12.6. The van der Waals surface area contributed by atoms with Crippen LogP contribution in [0.2, 0.25) is 0 Å². The molecule has 1 rings (SSSR count). The summed E-state index contributed by atoms with van der Waals surface area (Å²) in [5.41, 5.74) is 4.37. The molecular formula is C17H29N. The fourth-order valence-electron chi connectivity index (χ4n) is 2.44. The highest BCUT2D eigenvalue weighted by Gasteiger charge is 2.13. The van der Waals surface area contributed by atoms with Crippen molar-refractivity contribution in [2.45, 2.75) is 65.8 Å². The summed E-state index contributed by atoms with van der Waals surface area (Å²) in [4.78, 5) is 0. The van der Waals surface area contributed by atoms with Gasteiger partial charge in [0.05, 0.1) is 0 Å². The minimum Gasteiger partial charge on any atom is -0.310 e. The van der Waals surface area contributed by atoms with Gasteiger partial charge in [-0.2, -0.15) is 0 Å². The molecule has 0 bridgehead atoms. The number of hydrogen-bond donors (Lipinski definition) is 1. The van der Waals surface area contributed by atoms with Gasteiger partial charge in [-0.15, -0.1) is 0 Å². The van der Waals surface area contributed by atoms with Crippen molar-refractivity contribution >= 4 is 0 Å². The Bertz CT molecular complexity index is 343. The first-order valence-corrected chi connectivity index (χ1v) is 7.50. The molecule has 0 heterocycles. The van der Waals surface area contributed by atoms with Crippen molar-refractivity contribution in [2.75, 3.05) is 6.54 Å². The van der Waals surface area contributed by atoms with Gasteiger partial charge >= 0.3 is 0 Å². The van der Waals surface area contributed by atoms with E-state index in [0.29, 0.717) is 6.04 Å². The van der Waals surface area contributed by atoms with Crippen LogP contribution in [-0.2, 0) is 0 Å². The lowest BCUT2D eigenvalue weighted by Gasteiger charge is -2.22. The first-order valence-electron chi connectivity index (χ1n) is 7.50. The van der Waals surface area contributed by atoms with Crippen molar-refractivity contribution in [1.82, 2.24) is 5.32 Å². The first-order chi connectivity index (χ1) is 8.70. The molecule has 0 amide bonds. The van der Waals surface area contributed by atoms with E-state index < -0.39 is 0 Å². The van der Waals surface area contributed by atoms with Crippen LogP contribution in [0.25, 0.3) is 0 Å². The second-order valence-electron chi connectivity index (χ2n) is 5.29. The topological polar surface area (TPSA) is 12.0 Å². The van der Waals surface area contributed by atoms with Crippen molar-refractivity contribution in [3.05, 3.63) is 34.9 Å². The zero-order valence-corrected chi connectivity index (χ0v) is 12.6. The Hall–Kier alpha value is -0.820. The van der Waals surface area contributed by atoms with Crippen LogP contribution in [-0.4, -0.2) is 6.54 Å². The molecule has 1 nitrogen and oxygen atoms in total. The number of aryl methyl sites for hydroxylation is 1. The molecule has 0 aliphatic rings. The largest absolute Gasteiger partial charge is 0.310 e. The van der Waals surface area contributed by atoms with Gasteiger partial charge in [0.25, 0.3) is 0 Å². The van der Waals surface area contributed by atoms with Crippen LogP contribution >= 0.6 is 0 Å². The minimum absolute atomic E-state index is 0.538. The number of hydrogen-bond acceptors (Lipinski definition) is 1. The van der Waals surface area contributed by atoms with Crippen LogP contribution in [0, 0.1) is 13.8 Å². The molecule has 1 aromatic rings. The van der Waals surface area contributed by atoms with Crippen LogP contribution < -0.4 is 5.32 Å². The van der Waals surface area contributed by atoms with Crippen molar-refractivity contribution < 1.29 is 0 Å². The van der Waals surface area contributed by atoms with Gasteiger partial charge < -0.3 is 5.32 Å². The first kappa shape index (κ1) is 15.2. The molecule has 0 saturated carbocycles. The smallest absolute Gasteiger partial charge is 0.0322 e. The van der Waals surface area contributed by atoms with Gasteiger partial charge in [-0.3, -0.25) is 0 Å². The van der Waals surface area contributed by atoms with Crippen molar-refractivity contribution in [3.63, 3.8) is 0 Å². The number of nitrogens with one attached hydrogen (secondary N) is 1. The maximum absolute atomic E-state index is 3.71. The highest BCUT2D eigenvalue weighted by Crippen LogP contribution is 2.25. The summed E-state index contributed by atoms with van der Waals surface area (Å²) >= 11 is 0. The van der Waals surface area contributed by atoms with Gasteiger partial charge in [-0.1, -0.05) is 51.3 Å². The van der Waals surface area contributed by atoms with E-state index in [4.69, 9.17) is 0 Å². The zero-order chi connectivity index (χ0) is 13.4. The van der Waals surface area contributed by atoms with Crippen LogP contribution in [0.15, 0.2) is 18.2 Å². The molecule has 0 aliphatic carbocycles. The van der Waals surface area contributed by atoms with E-state index in [1.807, 2.05) is 0 Å². The van der Waals surface area contributed by atoms with E-state index >= 15 is 0 Å². The molecule has 0 fully saturated rings. The van der Waals surface area contributed by atoms with Gasteiger partial charge in [-0.05, 0) is 49.9 Å². The maximum atomic E-state index is 3.71. The Morgan fingerprint density at radius 2 is 1.83 bits per heavy atom. The molecule has 0 saturated heterocycles. The Labute approximate surface area is 113 Å². The molecule has 18 heavy (non-hydrogen) atoms. The molecular weight excluding hydrogens is 218 g/mol. The Morgan fingerprint density at radius 1 is 1.06 bits per heavy atom. The molecule has 1 aromatic carbocycles. The lowest BCUT2D eigenvalue weighted by atomic mass is 9.94. The van der Waals surface area contributed by atoms with Crippen molar-refractivity contribution in [3.8, 4) is 0 Å². The van der Waals surface area contributed by atoms with Gasteiger partial charge in [0.15, 0.2) is 0 Å². The molecule has 1 heteroatoms. The summed E-state index contributed by atoms with van der Waals surface area (Å²) in [6, 6.07) is 7.23. The molecule has 102 valence electrons. The second-order valence-corrected chi connectivity index (χ2v) is 5.29. The molecule has 0 aromatic heterocycles. The van der Waals surface area contributed by atoms with Crippen molar-refractivity contribution in [1.29, 1.82) is 0 Å². The predicted octanol–water partition coefficient (Wildman–Crippen LogP) is 4.92. The van der Waals surface area contributed by atoms with E-state index in [-0.39, 0.29) is 0 Å². The average Bonchev–Trinajstić information content (AvgIpc) is 2.37.